The number of aliphatic carboxylic acids is 1. The molecule has 0 aliphatic carbocycles. The van der Waals surface area contributed by atoms with Gasteiger partial charge in [0.2, 0.25) is 0 Å². The molecule has 3 rings (SSSR count). The van der Waals surface area contributed by atoms with Crippen LogP contribution in [0.25, 0.3) is 18.2 Å². The summed E-state index contributed by atoms with van der Waals surface area (Å²) in [6.07, 6.45) is 9.42. The molecule has 0 unspecified atom stereocenters. The Morgan fingerprint density at radius 3 is 1.56 bits per heavy atom. The molecule has 0 saturated carbocycles. The number of carbonyl (C=O) groups is 2. The summed E-state index contributed by atoms with van der Waals surface area (Å²) in [5, 5.41) is 52.8. The van der Waals surface area contributed by atoms with Gasteiger partial charge in [-0.15, -0.1) is 0 Å². The Kier molecular flexibility index (Phi) is 34.3. The van der Waals surface area contributed by atoms with E-state index in [9.17, 15) is 9.59 Å². The van der Waals surface area contributed by atoms with Gasteiger partial charge < -0.3 is 30.6 Å². The van der Waals surface area contributed by atoms with Crippen molar-refractivity contribution in [3.63, 3.8) is 0 Å². The Labute approximate surface area is 331 Å². The van der Waals surface area contributed by atoms with E-state index in [-0.39, 0.29) is 42.0 Å². The zero-order valence-electron chi connectivity index (χ0n) is 23.2. The molecular weight excluding hydrogens is 1220 g/mol. The average Bonchev–Trinajstić information content (AvgIpc) is 2.96. The van der Waals surface area contributed by atoms with Crippen LogP contribution in [0.1, 0.15) is 35.2 Å². The predicted octanol–water partition coefficient (Wildman–Crippen LogP) is 9.87. The third kappa shape index (κ3) is 28.7. The minimum absolute atomic E-state index is 0. The number of aryl methyl sites for hydroxylation is 2. The molecule has 8 nitrogen and oxygen atoms in total. The number of hydrogen-bond acceptors (Lipinski definition) is 7. The van der Waals surface area contributed by atoms with E-state index in [1.165, 1.54) is 59.7 Å². The van der Waals surface area contributed by atoms with Crippen LogP contribution in [-0.4, -0.2) is 49.5 Å². The van der Waals surface area contributed by atoms with E-state index in [2.05, 4.69) is 132 Å². The van der Waals surface area contributed by atoms with Gasteiger partial charge in [0.1, 0.15) is 6.29 Å². The van der Waals surface area contributed by atoms with Crippen LogP contribution in [0.5, 0.6) is 23.0 Å². The maximum absolute atomic E-state index is 10.1. The maximum atomic E-state index is 10.1. The summed E-state index contributed by atoms with van der Waals surface area (Å²) >= 11 is 12.1. The molecule has 3 aromatic carbocycles. The van der Waals surface area contributed by atoms with Gasteiger partial charge in [0.25, 0.3) is 0 Å². The van der Waals surface area contributed by atoms with Crippen molar-refractivity contribution in [2.75, 3.05) is 6.61 Å². The van der Waals surface area contributed by atoms with E-state index in [1.54, 1.807) is 12.1 Å². The molecule has 247 valence electrons. The standard InChI is InChI=1S/C11H14O.C9H8O4.C9H8O3.CH4.5HI.2V/c1-9-5-6-11(4-3-7-12)8-10(9)2;10-7-3-1-6(5-8(7)11)2-4-9(12)13;10-5-1-2-7-3-4-8(11)9(12)6-7;;;;;;;;/h3-6,8,12H,7H2,1-2H3;1-5,10-11H,(H,12,13);1-6,11-12H;1H4;5*1H;;/q;;;;;;;;;+2;+3/p-5/b4-3+;4-2+;2-1+;;;;;;;;. The van der Waals surface area contributed by atoms with Gasteiger partial charge in [-0.05, 0) is 78.1 Å². The molecule has 15 heteroatoms. The minimum atomic E-state index is -1.06. The van der Waals surface area contributed by atoms with Gasteiger partial charge in [0.15, 0.2) is 23.0 Å². The van der Waals surface area contributed by atoms with Crippen LogP contribution in [0.2, 0.25) is 0 Å². The van der Waals surface area contributed by atoms with E-state index in [1.807, 2.05) is 6.08 Å². The first-order valence-electron chi connectivity index (χ1n) is 11.8. The Morgan fingerprint density at radius 2 is 1.18 bits per heavy atom. The SMILES string of the molecule is C.Cc1ccc(/C=C/CO)cc1C.O=C(O)/C=C/c1ccc(O)c(O)c1.O=C/C=C/c1ccc(O)c(O)c1.[I][V]([I])[I].[I][V][I]. The average molecular weight is 1260 g/mol. The van der Waals surface area contributed by atoms with Crippen molar-refractivity contribution in [3.8, 4) is 23.0 Å². The third-order valence-corrected chi connectivity index (χ3v) is 4.73. The molecule has 3 aromatic rings. The number of aliphatic hydroxyl groups is 1. The molecule has 0 aliphatic heterocycles. The molecule has 0 bridgehead atoms. The fourth-order valence-corrected chi connectivity index (χ4v) is 2.66. The molecule has 0 aromatic heterocycles. The zero-order chi connectivity index (χ0) is 34.1. The number of halogens is 5. The van der Waals surface area contributed by atoms with Gasteiger partial charge in [0, 0.05) is 6.08 Å². The summed E-state index contributed by atoms with van der Waals surface area (Å²) in [7, 11) is 0.628. The van der Waals surface area contributed by atoms with Crippen LogP contribution in [0.3, 0.4) is 0 Å². The van der Waals surface area contributed by atoms with Gasteiger partial charge in [-0.3, -0.25) is 4.79 Å². The second-order valence-electron chi connectivity index (χ2n) is 7.85. The van der Waals surface area contributed by atoms with Crippen molar-refractivity contribution >= 4 is 130 Å². The van der Waals surface area contributed by atoms with Crippen molar-refractivity contribution in [2.24, 2.45) is 0 Å². The van der Waals surface area contributed by atoms with Gasteiger partial charge in [-0.25, -0.2) is 4.79 Å². The Hall–Kier alpha value is -0.00117. The molecule has 0 heterocycles. The first kappa shape index (κ1) is 49.4. The summed E-state index contributed by atoms with van der Waals surface area (Å²) in [6.45, 7) is 4.29. The summed E-state index contributed by atoms with van der Waals surface area (Å²) in [5.74, 6) is -1.92. The van der Waals surface area contributed by atoms with Gasteiger partial charge in [0.05, 0.1) is 6.61 Å². The van der Waals surface area contributed by atoms with Gasteiger partial charge >= 0.3 is 120 Å². The molecule has 0 spiro atoms. The molecule has 0 radical (unpaired) electrons. The number of aldehydes is 1. The number of benzene rings is 3. The third-order valence-electron chi connectivity index (χ3n) is 4.73. The Balaban J connectivity index is -0.000000527. The van der Waals surface area contributed by atoms with Gasteiger partial charge in [-0.1, -0.05) is 56.0 Å². The molecule has 0 aliphatic rings. The van der Waals surface area contributed by atoms with Crippen LogP contribution in [-0.2, 0) is 24.0 Å². The van der Waals surface area contributed by atoms with E-state index >= 15 is 0 Å². The van der Waals surface area contributed by atoms with Crippen LogP contribution < -0.4 is 0 Å². The predicted molar refractivity (Wildman–Crippen MR) is 220 cm³/mol. The van der Waals surface area contributed by atoms with Crippen LogP contribution in [0.15, 0.2) is 72.8 Å². The number of hydrogen-bond donors (Lipinski definition) is 6. The van der Waals surface area contributed by atoms with Crippen LogP contribution in [0, 0.1) is 13.8 Å². The fourth-order valence-electron chi connectivity index (χ4n) is 2.66. The Bertz CT molecular complexity index is 1370. The topological polar surface area (TPSA) is 156 Å². The number of aliphatic hydroxyl groups excluding tert-OH is 1. The van der Waals surface area contributed by atoms with Gasteiger partial charge in [-0.2, -0.15) is 0 Å². The van der Waals surface area contributed by atoms with Crippen molar-refractivity contribution in [1.82, 2.24) is 0 Å². The molecule has 0 amide bonds. The molecule has 0 atom stereocenters. The monoisotopic (exact) mass is 1260 g/mol. The number of carboxylic acids is 1. The normalized spacial score (nSPS) is 9.80. The number of phenolic OH excluding ortho intramolecular Hbond substituents is 4. The van der Waals surface area contributed by atoms with E-state index < -0.39 is 5.97 Å². The van der Waals surface area contributed by atoms with Crippen molar-refractivity contribution in [1.29, 1.82) is 0 Å². The molecule has 0 fully saturated rings. The second kappa shape index (κ2) is 31.3. The quantitative estimate of drug-likeness (QED) is 0.0617. The summed E-state index contributed by atoms with van der Waals surface area (Å²) in [6, 6.07) is 14.6. The number of carbonyl (C=O) groups excluding carboxylic acids is 1. The van der Waals surface area contributed by atoms with E-state index in [4.69, 9.17) is 30.6 Å². The summed E-state index contributed by atoms with van der Waals surface area (Å²) in [5.41, 5.74) is 4.91. The van der Waals surface area contributed by atoms with E-state index in [0.29, 0.717) is 26.9 Å². The number of allylic oxidation sites excluding steroid dienone is 1. The molecule has 45 heavy (non-hydrogen) atoms. The first-order valence-corrected chi connectivity index (χ1v) is 34.4. The van der Waals surface area contributed by atoms with Crippen molar-refractivity contribution < 1.29 is 54.6 Å². The number of aromatic hydroxyl groups is 4. The number of carboxylic acid groups (broad SMARTS) is 1. The molecule has 0 saturated heterocycles. The van der Waals surface area contributed by atoms with E-state index in [0.717, 1.165) is 11.6 Å². The number of phenols is 4. The zero-order valence-corrected chi connectivity index (χ0v) is 36.8. The second-order valence-corrected chi connectivity index (χ2v) is 55.0. The first-order chi connectivity index (χ1) is 20.7. The van der Waals surface area contributed by atoms with Crippen molar-refractivity contribution in [2.45, 2.75) is 21.3 Å². The van der Waals surface area contributed by atoms with Crippen LogP contribution in [0.4, 0.5) is 0 Å². The fraction of sp³-hybridized carbons (Fsp3) is 0.133. The van der Waals surface area contributed by atoms with Crippen molar-refractivity contribution in [3.05, 3.63) is 101 Å². The molecular formula is C30H34I5O8V2. The number of rotatable bonds is 6. The Morgan fingerprint density at radius 1 is 0.756 bits per heavy atom. The summed E-state index contributed by atoms with van der Waals surface area (Å²) < 4.78 is 0. The molecule has 6 N–H and O–H groups in total. The van der Waals surface area contributed by atoms with Crippen LogP contribution >= 0.6 is 99.9 Å². The summed E-state index contributed by atoms with van der Waals surface area (Å²) in [4.78, 5) is 19.8.